The number of fused-ring (bicyclic) bond motifs is 2. The Morgan fingerprint density at radius 3 is 2.03 bits per heavy atom. The zero-order chi connectivity index (χ0) is 24.9. The maximum atomic E-state index is 13.6. The van der Waals surface area contributed by atoms with E-state index in [-0.39, 0.29) is 29.4 Å². The van der Waals surface area contributed by atoms with E-state index in [4.69, 9.17) is 0 Å². The second-order valence-corrected chi connectivity index (χ2v) is 13.0. The fourth-order valence-electron chi connectivity index (χ4n) is 4.74. The molecular weight excluding hydrogens is 491 g/mol. The van der Waals surface area contributed by atoms with Crippen LogP contribution in [0.5, 0.6) is 0 Å². The zero-order valence-corrected chi connectivity index (χ0v) is 20.4. The molecule has 12 heteroatoms. The number of nitrogens with zero attached hydrogens (tertiary/aromatic N) is 3. The maximum Gasteiger partial charge on any atom is 0.401 e. The Kier molecular flexibility index (Phi) is 6.24. The standard InChI is InChI=1S/C22H26F3N3O4S2/c1-26(2)33(29,30)17-7-9-18(10-8-17)34(31,32)28-15-21(19-5-3-4-6-20(19)28)11-13-27(14-12-21)16-22(23,24)25/h3-10H,11-16H2,1-2H3. The van der Waals surface area contributed by atoms with E-state index in [0.29, 0.717) is 18.5 Å². The summed E-state index contributed by atoms with van der Waals surface area (Å²) >= 11 is 0. The number of anilines is 1. The maximum absolute atomic E-state index is 13.6. The second-order valence-electron chi connectivity index (χ2n) is 8.96. The van der Waals surface area contributed by atoms with Crippen molar-refractivity contribution in [2.24, 2.45) is 0 Å². The Morgan fingerprint density at radius 1 is 0.912 bits per heavy atom. The van der Waals surface area contributed by atoms with Crippen molar-refractivity contribution in [3.05, 3.63) is 54.1 Å². The largest absolute Gasteiger partial charge is 0.401 e. The van der Waals surface area contributed by atoms with Gasteiger partial charge in [0.2, 0.25) is 10.0 Å². The minimum atomic E-state index is -4.28. The first-order valence-electron chi connectivity index (χ1n) is 10.7. The third kappa shape index (κ3) is 4.43. The minimum absolute atomic E-state index is 0.0215. The van der Waals surface area contributed by atoms with E-state index in [1.807, 2.05) is 6.07 Å². The summed E-state index contributed by atoms with van der Waals surface area (Å²) in [6.45, 7) is -0.404. The van der Waals surface area contributed by atoms with Crippen LogP contribution < -0.4 is 4.31 Å². The van der Waals surface area contributed by atoms with Gasteiger partial charge in [0.05, 0.1) is 22.0 Å². The Bertz CT molecular complexity index is 1270. The molecule has 2 aliphatic heterocycles. The summed E-state index contributed by atoms with van der Waals surface area (Å²) in [6, 6.07) is 12.1. The number of halogens is 3. The third-order valence-electron chi connectivity index (χ3n) is 6.60. The van der Waals surface area contributed by atoms with Gasteiger partial charge in [-0.2, -0.15) is 13.2 Å². The van der Waals surface area contributed by atoms with E-state index < -0.39 is 38.2 Å². The van der Waals surface area contributed by atoms with E-state index in [2.05, 4.69) is 0 Å². The molecule has 0 aromatic heterocycles. The van der Waals surface area contributed by atoms with Crippen molar-refractivity contribution in [3.63, 3.8) is 0 Å². The van der Waals surface area contributed by atoms with Crippen molar-refractivity contribution in [1.29, 1.82) is 0 Å². The van der Waals surface area contributed by atoms with Crippen molar-refractivity contribution in [2.45, 2.75) is 34.2 Å². The van der Waals surface area contributed by atoms with Crippen LogP contribution in [0.1, 0.15) is 18.4 Å². The summed E-state index contributed by atoms with van der Waals surface area (Å²) in [5, 5.41) is 0. The molecule has 4 rings (SSSR count). The van der Waals surface area contributed by atoms with Gasteiger partial charge in [-0.3, -0.25) is 9.21 Å². The highest BCUT2D eigenvalue weighted by Crippen LogP contribution is 2.48. The molecule has 0 N–H and O–H groups in total. The molecule has 0 aliphatic carbocycles. The van der Waals surface area contributed by atoms with Gasteiger partial charge in [-0.25, -0.2) is 21.1 Å². The molecule has 0 unspecified atom stereocenters. The summed E-state index contributed by atoms with van der Waals surface area (Å²) in [5.41, 5.74) is 0.758. The minimum Gasteiger partial charge on any atom is -0.295 e. The van der Waals surface area contributed by atoms with Crippen LogP contribution in [0.3, 0.4) is 0 Å². The highest BCUT2D eigenvalue weighted by molar-refractivity contribution is 7.93. The highest BCUT2D eigenvalue weighted by Gasteiger charge is 2.48. The molecule has 0 radical (unpaired) electrons. The van der Waals surface area contributed by atoms with Gasteiger partial charge in [-0.05, 0) is 61.8 Å². The second kappa shape index (κ2) is 8.51. The molecule has 2 aromatic rings. The molecule has 0 amide bonds. The van der Waals surface area contributed by atoms with Gasteiger partial charge >= 0.3 is 6.18 Å². The van der Waals surface area contributed by atoms with Crippen molar-refractivity contribution in [1.82, 2.24) is 9.21 Å². The van der Waals surface area contributed by atoms with Crippen LogP contribution in [0.25, 0.3) is 0 Å². The quantitative estimate of drug-likeness (QED) is 0.610. The van der Waals surface area contributed by atoms with Crippen LogP contribution >= 0.6 is 0 Å². The van der Waals surface area contributed by atoms with Gasteiger partial charge < -0.3 is 0 Å². The SMILES string of the molecule is CN(C)S(=O)(=O)c1ccc(S(=O)(=O)N2CC3(CCN(CC(F)(F)F)CC3)c3ccccc32)cc1. The number of hydrogen-bond acceptors (Lipinski definition) is 5. The average molecular weight is 518 g/mol. The van der Waals surface area contributed by atoms with Gasteiger partial charge in [-0.15, -0.1) is 0 Å². The van der Waals surface area contributed by atoms with Gasteiger partial charge in [-0.1, -0.05) is 18.2 Å². The Labute approximate surface area is 197 Å². The topological polar surface area (TPSA) is 78.0 Å². The molecule has 2 heterocycles. The zero-order valence-electron chi connectivity index (χ0n) is 18.8. The summed E-state index contributed by atoms with van der Waals surface area (Å²) in [4.78, 5) is 1.29. The number of benzene rings is 2. The number of alkyl halides is 3. The smallest absolute Gasteiger partial charge is 0.295 e. The normalized spacial score (nSPS) is 19.1. The molecule has 0 atom stereocenters. The molecule has 0 saturated carbocycles. The lowest BCUT2D eigenvalue weighted by molar-refractivity contribution is -0.149. The molecule has 7 nitrogen and oxygen atoms in total. The Hall–Kier alpha value is -2.15. The number of piperidine rings is 1. The first-order valence-corrected chi connectivity index (χ1v) is 13.6. The number of sulfonamides is 2. The Balaban J connectivity index is 1.63. The Morgan fingerprint density at radius 2 is 1.47 bits per heavy atom. The van der Waals surface area contributed by atoms with Crippen molar-refractivity contribution < 1.29 is 30.0 Å². The summed E-state index contributed by atoms with van der Waals surface area (Å²) in [5.74, 6) is 0. The monoisotopic (exact) mass is 517 g/mol. The highest BCUT2D eigenvalue weighted by atomic mass is 32.2. The number of likely N-dealkylation sites (tertiary alicyclic amines) is 1. The van der Waals surface area contributed by atoms with Crippen LogP contribution in [-0.2, 0) is 25.5 Å². The lowest BCUT2D eigenvalue weighted by Gasteiger charge is -2.40. The predicted molar refractivity (Wildman–Crippen MR) is 122 cm³/mol. The molecule has 1 saturated heterocycles. The number of hydrogen-bond donors (Lipinski definition) is 0. The van der Waals surface area contributed by atoms with E-state index in [1.165, 1.54) is 47.6 Å². The van der Waals surface area contributed by atoms with E-state index >= 15 is 0 Å². The van der Waals surface area contributed by atoms with Gasteiger partial charge in [0.25, 0.3) is 10.0 Å². The van der Waals surface area contributed by atoms with Gasteiger partial charge in [0.15, 0.2) is 0 Å². The first kappa shape index (κ1) is 25.0. The predicted octanol–water partition coefficient (Wildman–Crippen LogP) is 3.04. The molecular formula is C22H26F3N3O4S2. The fraction of sp³-hybridized carbons (Fsp3) is 0.455. The van der Waals surface area contributed by atoms with Crippen LogP contribution in [0, 0.1) is 0 Å². The van der Waals surface area contributed by atoms with E-state index in [0.717, 1.165) is 9.87 Å². The van der Waals surface area contributed by atoms with Crippen LogP contribution in [0.4, 0.5) is 18.9 Å². The van der Waals surface area contributed by atoms with Gasteiger partial charge in [0, 0.05) is 26.1 Å². The average Bonchev–Trinajstić information content (AvgIpc) is 3.10. The van der Waals surface area contributed by atoms with Crippen molar-refractivity contribution in [2.75, 3.05) is 44.6 Å². The molecule has 1 fully saturated rings. The lowest BCUT2D eigenvalue weighted by atomic mass is 9.74. The van der Waals surface area contributed by atoms with Crippen molar-refractivity contribution in [3.8, 4) is 0 Å². The molecule has 34 heavy (non-hydrogen) atoms. The van der Waals surface area contributed by atoms with E-state index in [1.54, 1.807) is 18.2 Å². The molecule has 0 bridgehead atoms. The third-order valence-corrected chi connectivity index (χ3v) is 10.2. The van der Waals surface area contributed by atoms with Crippen molar-refractivity contribution >= 4 is 25.7 Å². The van der Waals surface area contributed by atoms with Crippen LogP contribution in [0.15, 0.2) is 58.3 Å². The fourth-order valence-corrected chi connectivity index (χ4v) is 7.21. The molecule has 2 aromatic carbocycles. The lowest BCUT2D eigenvalue weighted by Crippen LogP contribution is -2.48. The van der Waals surface area contributed by atoms with Gasteiger partial charge in [0.1, 0.15) is 0 Å². The molecule has 1 spiro atoms. The van der Waals surface area contributed by atoms with Crippen LogP contribution in [0.2, 0.25) is 0 Å². The summed E-state index contributed by atoms with van der Waals surface area (Å²) in [7, 11) is -4.95. The summed E-state index contributed by atoms with van der Waals surface area (Å²) in [6.07, 6.45) is -3.46. The van der Waals surface area contributed by atoms with E-state index in [9.17, 15) is 30.0 Å². The number of rotatable bonds is 5. The first-order chi connectivity index (χ1) is 15.8. The number of para-hydroxylation sites is 1. The molecule has 186 valence electrons. The van der Waals surface area contributed by atoms with Crippen LogP contribution in [-0.4, -0.2) is 72.5 Å². The summed E-state index contributed by atoms with van der Waals surface area (Å²) < 4.78 is 92.6. The molecule has 2 aliphatic rings.